The first-order chi connectivity index (χ1) is 6.86. The van der Waals surface area contributed by atoms with Crippen LogP contribution in [0.3, 0.4) is 0 Å². The number of benzene rings is 1. The van der Waals surface area contributed by atoms with Gasteiger partial charge in [-0.15, -0.1) is 0 Å². The minimum Gasteiger partial charge on any atom is -0.282 e. The molecule has 0 bridgehead atoms. The zero-order valence-electron chi connectivity index (χ0n) is 8.43. The molecule has 1 unspecified atom stereocenters. The molecule has 1 rings (SSSR count). The fourth-order valence-electron chi connectivity index (χ4n) is 1.31. The lowest BCUT2D eigenvalue weighted by atomic mass is 10.0. The van der Waals surface area contributed by atoms with Gasteiger partial charge in [0.2, 0.25) is 0 Å². The molecule has 80 valence electrons. The Balaban J connectivity index is 3.48. The Morgan fingerprint density at radius 3 is 2.53 bits per heavy atom. The second kappa shape index (κ2) is 4.01. The van der Waals surface area contributed by atoms with Gasteiger partial charge in [-0.1, -0.05) is 17.7 Å². The molecule has 0 heterocycles. The molecule has 1 aromatic carbocycles. The molecular weight excluding hydrogens is 214 g/mol. The smallest absolute Gasteiger partial charge is 0.282 e. The summed E-state index contributed by atoms with van der Waals surface area (Å²) in [6.07, 6.45) is 0. The largest absolute Gasteiger partial charge is 0.294 e. The van der Waals surface area contributed by atoms with E-state index in [1.807, 2.05) is 6.07 Å². The summed E-state index contributed by atoms with van der Waals surface area (Å²) in [4.78, 5) is -0.192. The van der Waals surface area contributed by atoms with Gasteiger partial charge in [0.05, 0.1) is 16.9 Å². The second-order valence-corrected chi connectivity index (χ2v) is 4.76. The van der Waals surface area contributed by atoms with Crippen molar-refractivity contribution < 1.29 is 13.0 Å². The summed E-state index contributed by atoms with van der Waals surface area (Å²) < 4.78 is 31.0. The molecule has 0 fully saturated rings. The fourth-order valence-corrected chi connectivity index (χ4v) is 2.08. The molecule has 0 aliphatic carbocycles. The molecule has 0 aliphatic rings. The average molecular weight is 225 g/mol. The number of rotatable bonds is 2. The molecule has 0 saturated heterocycles. The highest BCUT2D eigenvalue weighted by atomic mass is 32.2. The van der Waals surface area contributed by atoms with E-state index in [2.05, 4.69) is 0 Å². The minimum absolute atomic E-state index is 0.192. The van der Waals surface area contributed by atoms with Crippen LogP contribution in [-0.2, 0) is 10.1 Å². The molecule has 1 aromatic rings. The fraction of sp³-hybridized carbons (Fsp3) is 0.300. The van der Waals surface area contributed by atoms with Crippen molar-refractivity contribution in [3.05, 3.63) is 29.3 Å². The summed E-state index contributed by atoms with van der Waals surface area (Å²) in [5.41, 5.74) is 1.18. The van der Waals surface area contributed by atoms with E-state index in [1.165, 1.54) is 6.07 Å². The van der Waals surface area contributed by atoms with E-state index in [9.17, 15) is 8.42 Å². The van der Waals surface area contributed by atoms with Gasteiger partial charge in [-0.2, -0.15) is 13.7 Å². The summed E-state index contributed by atoms with van der Waals surface area (Å²) >= 11 is 0. The van der Waals surface area contributed by atoms with Gasteiger partial charge in [-0.3, -0.25) is 4.55 Å². The second-order valence-electron chi connectivity index (χ2n) is 3.37. The zero-order valence-corrected chi connectivity index (χ0v) is 9.25. The third-order valence-electron chi connectivity index (χ3n) is 2.10. The van der Waals surface area contributed by atoms with Crippen molar-refractivity contribution in [2.75, 3.05) is 0 Å². The molecule has 0 aromatic heterocycles. The summed E-state index contributed by atoms with van der Waals surface area (Å²) in [7, 11) is -4.26. The van der Waals surface area contributed by atoms with Crippen LogP contribution in [-0.4, -0.2) is 13.0 Å². The lowest BCUT2D eigenvalue weighted by Crippen LogP contribution is -2.05. The van der Waals surface area contributed by atoms with Gasteiger partial charge in [-0.05, 0) is 25.5 Å². The molecule has 1 N–H and O–H groups in total. The Kier molecular flexibility index (Phi) is 3.12. The number of hydrogen-bond donors (Lipinski definition) is 1. The van der Waals surface area contributed by atoms with Crippen LogP contribution < -0.4 is 0 Å². The number of hydrogen-bond acceptors (Lipinski definition) is 3. The van der Waals surface area contributed by atoms with Crippen molar-refractivity contribution in [3.63, 3.8) is 0 Å². The molecule has 15 heavy (non-hydrogen) atoms. The van der Waals surface area contributed by atoms with E-state index >= 15 is 0 Å². The molecule has 0 amide bonds. The first kappa shape index (κ1) is 11.7. The van der Waals surface area contributed by atoms with Crippen LogP contribution in [0.5, 0.6) is 0 Å². The van der Waals surface area contributed by atoms with Gasteiger partial charge < -0.3 is 0 Å². The third-order valence-corrected chi connectivity index (χ3v) is 3.03. The van der Waals surface area contributed by atoms with Crippen LogP contribution in [0.1, 0.15) is 24.0 Å². The van der Waals surface area contributed by atoms with Crippen molar-refractivity contribution in [3.8, 4) is 6.07 Å². The Bertz CT molecular complexity index is 514. The average Bonchev–Trinajstić information content (AvgIpc) is 2.14. The van der Waals surface area contributed by atoms with Crippen molar-refractivity contribution >= 4 is 10.1 Å². The monoisotopic (exact) mass is 225 g/mol. The molecule has 0 saturated carbocycles. The van der Waals surface area contributed by atoms with Gasteiger partial charge >= 0.3 is 0 Å². The quantitative estimate of drug-likeness (QED) is 0.779. The predicted octanol–water partition coefficient (Wildman–Crippen LogP) is 1.87. The third kappa shape index (κ3) is 2.55. The Hall–Kier alpha value is -1.38. The molecule has 4 nitrogen and oxygen atoms in total. The first-order valence-corrected chi connectivity index (χ1v) is 5.78. The van der Waals surface area contributed by atoms with Crippen molar-refractivity contribution in [1.82, 2.24) is 0 Å². The number of nitrogens with zero attached hydrogens (tertiary/aromatic N) is 1. The van der Waals surface area contributed by atoms with Crippen molar-refractivity contribution in [1.29, 1.82) is 5.26 Å². The highest BCUT2D eigenvalue weighted by Gasteiger charge is 2.19. The summed E-state index contributed by atoms with van der Waals surface area (Å²) in [5.74, 6) is -0.568. The molecule has 1 atom stereocenters. The topological polar surface area (TPSA) is 78.2 Å². The molecular formula is C10H11NO3S. The van der Waals surface area contributed by atoms with E-state index in [4.69, 9.17) is 9.81 Å². The Morgan fingerprint density at radius 1 is 1.47 bits per heavy atom. The maximum absolute atomic E-state index is 11.0. The van der Waals surface area contributed by atoms with Gasteiger partial charge in [0.1, 0.15) is 0 Å². The van der Waals surface area contributed by atoms with Crippen LogP contribution in [0.25, 0.3) is 0 Å². The normalized spacial score (nSPS) is 13.2. The van der Waals surface area contributed by atoms with Gasteiger partial charge in [0, 0.05) is 0 Å². The summed E-state index contributed by atoms with van der Waals surface area (Å²) in [6.45, 7) is 3.38. The van der Waals surface area contributed by atoms with Gasteiger partial charge in [0.25, 0.3) is 10.1 Å². The maximum Gasteiger partial charge on any atom is 0.294 e. The summed E-state index contributed by atoms with van der Waals surface area (Å²) in [5, 5.41) is 8.74. The number of nitriles is 1. The van der Waals surface area contributed by atoms with Crippen LogP contribution >= 0.6 is 0 Å². The standard InChI is InChI=1S/C10H11NO3S/c1-7-3-4-10(15(12,13)14)9(5-7)8(2)6-11/h3-5,8H,1-2H3,(H,12,13,14). The van der Waals surface area contributed by atoms with Crippen LogP contribution in [0.2, 0.25) is 0 Å². The number of aryl methyl sites for hydroxylation is 1. The molecule has 0 aliphatic heterocycles. The van der Waals surface area contributed by atoms with E-state index < -0.39 is 16.0 Å². The first-order valence-electron chi connectivity index (χ1n) is 4.34. The van der Waals surface area contributed by atoms with Gasteiger partial charge in [0.15, 0.2) is 0 Å². The Labute approximate surface area is 88.9 Å². The van der Waals surface area contributed by atoms with Crippen LogP contribution in [0.4, 0.5) is 0 Å². The molecule has 5 heteroatoms. The summed E-state index contributed by atoms with van der Waals surface area (Å²) in [6, 6.07) is 6.43. The highest BCUT2D eigenvalue weighted by Crippen LogP contribution is 2.24. The lowest BCUT2D eigenvalue weighted by Gasteiger charge is -2.09. The SMILES string of the molecule is Cc1ccc(S(=O)(=O)O)c(C(C)C#N)c1. The van der Waals surface area contributed by atoms with Crippen molar-refractivity contribution in [2.24, 2.45) is 0 Å². The van der Waals surface area contributed by atoms with Crippen molar-refractivity contribution in [2.45, 2.75) is 24.7 Å². The van der Waals surface area contributed by atoms with Gasteiger partial charge in [-0.25, -0.2) is 0 Å². The van der Waals surface area contributed by atoms with E-state index in [0.717, 1.165) is 5.56 Å². The molecule has 0 spiro atoms. The predicted molar refractivity (Wildman–Crippen MR) is 55.0 cm³/mol. The molecule has 0 radical (unpaired) electrons. The minimum atomic E-state index is -4.26. The van der Waals surface area contributed by atoms with E-state index in [-0.39, 0.29) is 4.90 Å². The van der Waals surface area contributed by atoms with Crippen LogP contribution in [0.15, 0.2) is 23.1 Å². The van der Waals surface area contributed by atoms with Crippen LogP contribution in [0, 0.1) is 18.3 Å². The van der Waals surface area contributed by atoms with E-state index in [0.29, 0.717) is 5.56 Å². The highest BCUT2D eigenvalue weighted by molar-refractivity contribution is 7.85. The zero-order chi connectivity index (χ0) is 11.6. The maximum atomic E-state index is 11.0. The Morgan fingerprint density at radius 2 is 2.07 bits per heavy atom. The van der Waals surface area contributed by atoms with E-state index in [1.54, 1.807) is 26.0 Å². The lowest BCUT2D eigenvalue weighted by molar-refractivity contribution is 0.482.